The summed E-state index contributed by atoms with van der Waals surface area (Å²) >= 11 is 6.51. The number of dihydropyridines is 1. The Kier molecular flexibility index (Phi) is 6.10. The van der Waals surface area contributed by atoms with E-state index in [0.29, 0.717) is 34.7 Å². The summed E-state index contributed by atoms with van der Waals surface area (Å²) in [5.41, 5.74) is 1.50. The van der Waals surface area contributed by atoms with E-state index in [1.165, 1.54) is 12.1 Å². The van der Waals surface area contributed by atoms with E-state index in [9.17, 15) is 22.8 Å². The highest BCUT2D eigenvalue weighted by Gasteiger charge is 2.43. The molecular weight excluding hydrogens is 465 g/mol. The number of carbonyl (C=O) groups is 2. The summed E-state index contributed by atoms with van der Waals surface area (Å²) in [7, 11) is 0. The number of carbonyl (C=O) groups excluding carboxylic acids is 2. The monoisotopic (exact) mass is 488 g/mol. The number of hydrogen-bond donors (Lipinski definition) is 2. The molecule has 0 spiro atoms. The summed E-state index contributed by atoms with van der Waals surface area (Å²) in [6.07, 6.45) is -3.60. The van der Waals surface area contributed by atoms with Crippen LogP contribution >= 0.6 is 11.6 Å². The Balaban J connectivity index is 1.79. The van der Waals surface area contributed by atoms with Crippen molar-refractivity contribution in [3.63, 3.8) is 0 Å². The number of ketones is 1. The first-order valence-electron chi connectivity index (χ1n) is 10.8. The molecule has 0 fully saturated rings. The second-order valence-electron chi connectivity index (χ2n) is 9.48. The van der Waals surface area contributed by atoms with Crippen LogP contribution in [-0.2, 0) is 15.8 Å². The second kappa shape index (κ2) is 8.62. The molecule has 0 saturated carbocycles. The maximum absolute atomic E-state index is 13.5. The van der Waals surface area contributed by atoms with Gasteiger partial charge in [0, 0.05) is 45.6 Å². The molecule has 4 nitrogen and oxygen atoms in total. The molecule has 1 amide bonds. The molecule has 34 heavy (non-hydrogen) atoms. The smallest absolute Gasteiger partial charge is 0.362 e. The summed E-state index contributed by atoms with van der Waals surface area (Å²) < 4.78 is 39.5. The minimum Gasteiger partial charge on any atom is -0.362 e. The molecule has 0 bridgehead atoms. The molecule has 8 heteroatoms. The minimum absolute atomic E-state index is 0.00825. The lowest BCUT2D eigenvalue weighted by Gasteiger charge is -2.39. The molecule has 1 heterocycles. The van der Waals surface area contributed by atoms with Gasteiger partial charge in [0.05, 0.1) is 5.56 Å². The number of rotatable bonds is 3. The van der Waals surface area contributed by atoms with E-state index in [1.807, 2.05) is 13.8 Å². The maximum Gasteiger partial charge on any atom is 0.416 e. The van der Waals surface area contributed by atoms with E-state index in [1.54, 1.807) is 31.2 Å². The third-order valence-corrected chi connectivity index (χ3v) is 6.49. The SMILES string of the molecule is CC1=C(C(=O)Nc2cccc(C(F)(F)F)c2)[C@@H](c2ccccc2Cl)C2=C(CC(C)(C)CC2=O)N1. The van der Waals surface area contributed by atoms with Crippen LogP contribution in [0.2, 0.25) is 5.02 Å². The number of nitrogens with one attached hydrogen (secondary N) is 2. The average Bonchev–Trinajstić information content (AvgIpc) is 2.71. The van der Waals surface area contributed by atoms with E-state index < -0.39 is 23.6 Å². The highest BCUT2D eigenvalue weighted by molar-refractivity contribution is 6.31. The summed E-state index contributed by atoms with van der Waals surface area (Å²) in [6, 6.07) is 11.4. The maximum atomic E-state index is 13.5. The number of hydrogen-bond acceptors (Lipinski definition) is 3. The Bertz CT molecular complexity index is 1240. The standard InChI is InChI=1S/C26H24ClF3N2O2/c1-14-21(24(34)32-16-8-6-7-15(11-16)26(28,29)30)22(17-9-4-5-10-18(17)27)23-19(31-14)12-25(2,3)13-20(23)33/h4-11,22,31H,12-13H2,1-3H3,(H,32,34)/t22-/m1/s1. The number of allylic oxidation sites excluding steroid dienone is 3. The Morgan fingerprint density at radius 1 is 1.12 bits per heavy atom. The van der Waals surface area contributed by atoms with Crippen molar-refractivity contribution in [1.82, 2.24) is 5.32 Å². The average molecular weight is 489 g/mol. The Labute approximate surface area is 200 Å². The summed E-state index contributed by atoms with van der Waals surface area (Å²) in [5.74, 6) is -1.42. The third kappa shape index (κ3) is 4.62. The largest absolute Gasteiger partial charge is 0.416 e. The molecule has 1 atom stereocenters. The molecule has 2 aliphatic rings. The molecule has 0 unspecified atom stereocenters. The zero-order chi connectivity index (χ0) is 24.8. The quantitative estimate of drug-likeness (QED) is 0.511. The lowest BCUT2D eigenvalue weighted by Crippen LogP contribution is -2.39. The summed E-state index contributed by atoms with van der Waals surface area (Å²) in [6.45, 7) is 5.74. The van der Waals surface area contributed by atoms with Crippen LogP contribution in [0.5, 0.6) is 0 Å². The van der Waals surface area contributed by atoms with Crippen molar-refractivity contribution in [3.8, 4) is 0 Å². The van der Waals surface area contributed by atoms with Crippen LogP contribution in [0, 0.1) is 5.41 Å². The van der Waals surface area contributed by atoms with Gasteiger partial charge in [-0.3, -0.25) is 9.59 Å². The van der Waals surface area contributed by atoms with Crippen LogP contribution in [-0.4, -0.2) is 11.7 Å². The van der Waals surface area contributed by atoms with Gasteiger partial charge in [-0.25, -0.2) is 0 Å². The summed E-state index contributed by atoms with van der Waals surface area (Å²) in [5, 5.41) is 6.22. The van der Waals surface area contributed by atoms with E-state index in [0.717, 1.165) is 17.8 Å². The first kappa shape index (κ1) is 24.1. The van der Waals surface area contributed by atoms with Gasteiger partial charge in [-0.1, -0.05) is 49.7 Å². The lowest BCUT2D eigenvalue weighted by atomic mass is 9.68. The van der Waals surface area contributed by atoms with E-state index in [4.69, 9.17) is 11.6 Å². The van der Waals surface area contributed by atoms with E-state index >= 15 is 0 Å². The van der Waals surface area contributed by atoms with Crippen molar-refractivity contribution in [2.75, 3.05) is 5.32 Å². The van der Waals surface area contributed by atoms with Gasteiger partial charge >= 0.3 is 6.18 Å². The predicted molar refractivity (Wildman–Crippen MR) is 125 cm³/mol. The van der Waals surface area contributed by atoms with Crippen molar-refractivity contribution in [2.24, 2.45) is 5.41 Å². The van der Waals surface area contributed by atoms with Gasteiger partial charge in [-0.2, -0.15) is 13.2 Å². The Morgan fingerprint density at radius 3 is 2.50 bits per heavy atom. The Morgan fingerprint density at radius 2 is 1.82 bits per heavy atom. The first-order chi connectivity index (χ1) is 15.9. The van der Waals surface area contributed by atoms with Crippen LogP contribution in [0.3, 0.4) is 0 Å². The fraction of sp³-hybridized carbons (Fsp3) is 0.308. The number of alkyl halides is 3. The molecule has 2 N–H and O–H groups in total. The molecule has 4 rings (SSSR count). The molecule has 1 aliphatic carbocycles. The topological polar surface area (TPSA) is 58.2 Å². The van der Waals surface area contributed by atoms with Gasteiger partial charge in [0.25, 0.3) is 5.91 Å². The van der Waals surface area contributed by atoms with Crippen molar-refractivity contribution >= 4 is 29.0 Å². The number of amides is 1. The van der Waals surface area contributed by atoms with Gasteiger partial charge in [0.15, 0.2) is 5.78 Å². The molecule has 2 aromatic rings. The zero-order valence-corrected chi connectivity index (χ0v) is 19.7. The third-order valence-electron chi connectivity index (χ3n) is 6.15. The van der Waals surface area contributed by atoms with E-state index in [2.05, 4.69) is 10.6 Å². The van der Waals surface area contributed by atoms with Crippen LogP contribution in [0.4, 0.5) is 18.9 Å². The van der Waals surface area contributed by atoms with Crippen LogP contribution in [0.25, 0.3) is 0 Å². The van der Waals surface area contributed by atoms with Crippen molar-refractivity contribution in [1.29, 1.82) is 0 Å². The molecule has 0 radical (unpaired) electrons. The molecule has 178 valence electrons. The Hall–Kier alpha value is -3.06. The number of benzene rings is 2. The van der Waals surface area contributed by atoms with Crippen LogP contribution in [0.1, 0.15) is 50.7 Å². The molecule has 1 aliphatic heterocycles. The van der Waals surface area contributed by atoms with Gasteiger partial charge in [-0.05, 0) is 48.6 Å². The number of Topliss-reactive ketones (excluding diaryl/α,β-unsaturated/α-hetero) is 1. The van der Waals surface area contributed by atoms with Crippen LogP contribution in [0.15, 0.2) is 71.1 Å². The lowest BCUT2D eigenvalue weighted by molar-refractivity contribution is -0.137. The number of anilines is 1. The first-order valence-corrected chi connectivity index (χ1v) is 11.2. The molecular formula is C26H24ClF3N2O2. The normalized spacial score (nSPS) is 20.1. The van der Waals surface area contributed by atoms with Gasteiger partial charge in [0.1, 0.15) is 0 Å². The molecule has 2 aromatic carbocycles. The van der Waals surface area contributed by atoms with Gasteiger partial charge < -0.3 is 10.6 Å². The molecule has 0 aromatic heterocycles. The van der Waals surface area contributed by atoms with E-state index in [-0.39, 0.29) is 22.5 Å². The second-order valence-corrected chi connectivity index (χ2v) is 9.89. The fourth-order valence-corrected chi connectivity index (χ4v) is 4.97. The fourth-order valence-electron chi connectivity index (χ4n) is 4.73. The highest BCUT2D eigenvalue weighted by atomic mass is 35.5. The number of halogens is 4. The minimum atomic E-state index is -4.54. The van der Waals surface area contributed by atoms with Crippen molar-refractivity contribution < 1.29 is 22.8 Å². The molecule has 0 saturated heterocycles. The summed E-state index contributed by atoms with van der Waals surface area (Å²) in [4.78, 5) is 26.8. The van der Waals surface area contributed by atoms with Crippen molar-refractivity contribution in [3.05, 3.63) is 87.2 Å². The predicted octanol–water partition coefficient (Wildman–Crippen LogP) is 6.60. The highest BCUT2D eigenvalue weighted by Crippen LogP contribution is 2.48. The van der Waals surface area contributed by atoms with Crippen molar-refractivity contribution in [2.45, 2.75) is 45.7 Å². The van der Waals surface area contributed by atoms with Gasteiger partial charge in [-0.15, -0.1) is 0 Å². The zero-order valence-electron chi connectivity index (χ0n) is 18.9. The van der Waals surface area contributed by atoms with Gasteiger partial charge in [0.2, 0.25) is 0 Å². The van der Waals surface area contributed by atoms with Crippen LogP contribution < -0.4 is 10.6 Å².